The highest BCUT2D eigenvalue weighted by atomic mass is 16.8. The molecule has 5 nitrogen and oxygen atoms in total. The molecule has 3 aromatic carbocycles. The maximum Gasteiger partial charge on any atom is 0.164 e. The molecule has 2 aliphatic rings. The monoisotopic (exact) mass is 474 g/mol. The molecule has 2 unspecified atom stereocenters. The summed E-state index contributed by atoms with van der Waals surface area (Å²) in [4.78, 5) is 0. The molecular weight excluding hydrogens is 440 g/mol. The Bertz CT molecular complexity index is 1040. The van der Waals surface area contributed by atoms with Crippen LogP contribution in [-0.2, 0) is 43.5 Å². The molecule has 0 amide bonds. The standard InChI is InChI=1S/C30H34O5/c1-30(2)34-28-26(32-20-23-14-8-4-9-15-23)18-25(31-19-22-12-6-3-7-13-22)27(29(28)35-30)33-21-24-16-10-5-11-17-24/h3-17,25-29H,18-21H2,1-2H3/t25-,26-,27?,28?,29+/m0/s1. The SMILES string of the molecule is CC1(C)OC2[C@H](O1)C(OCc1ccccc1)[C@@H](OCc1ccccc1)C[C@@H]2OCc1ccccc1. The second-order valence-corrected chi connectivity index (χ2v) is 9.73. The average molecular weight is 475 g/mol. The lowest BCUT2D eigenvalue weighted by Gasteiger charge is -2.41. The van der Waals surface area contributed by atoms with E-state index in [1.54, 1.807) is 0 Å². The second kappa shape index (κ2) is 11.0. The summed E-state index contributed by atoms with van der Waals surface area (Å²) in [5.74, 6) is -0.716. The summed E-state index contributed by atoms with van der Waals surface area (Å²) in [6, 6.07) is 30.6. The normalized spacial score (nSPS) is 27.4. The van der Waals surface area contributed by atoms with Crippen molar-refractivity contribution in [2.24, 2.45) is 0 Å². The van der Waals surface area contributed by atoms with Crippen LogP contribution in [0.3, 0.4) is 0 Å². The number of hydrogen-bond donors (Lipinski definition) is 0. The maximum atomic E-state index is 6.50. The van der Waals surface area contributed by atoms with Gasteiger partial charge in [0.05, 0.1) is 32.0 Å². The van der Waals surface area contributed by atoms with Crippen molar-refractivity contribution in [3.05, 3.63) is 108 Å². The van der Waals surface area contributed by atoms with E-state index in [1.165, 1.54) is 0 Å². The highest BCUT2D eigenvalue weighted by Gasteiger charge is 2.55. The van der Waals surface area contributed by atoms with Gasteiger partial charge in [0.2, 0.25) is 0 Å². The Hall–Kier alpha value is -2.54. The Morgan fingerprint density at radius 2 is 1.03 bits per heavy atom. The van der Waals surface area contributed by atoms with Gasteiger partial charge in [-0.3, -0.25) is 0 Å². The highest BCUT2D eigenvalue weighted by molar-refractivity contribution is 5.16. The molecule has 35 heavy (non-hydrogen) atoms. The Labute approximate surface area is 207 Å². The van der Waals surface area contributed by atoms with Crippen LogP contribution in [0.15, 0.2) is 91.0 Å². The zero-order chi connectivity index (χ0) is 24.1. The van der Waals surface area contributed by atoms with Crippen LogP contribution in [0.1, 0.15) is 37.0 Å². The van der Waals surface area contributed by atoms with Crippen molar-refractivity contribution in [1.82, 2.24) is 0 Å². The third-order valence-corrected chi connectivity index (χ3v) is 6.58. The van der Waals surface area contributed by atoms with Gasteiger partial charge < -0.3 is 23.7 Å². The Balaban J connectivity index is 1.35. The molecule has 184 valence electrons. The van der Waals surface area contributed by atoms with E-state index in [9.17, 15) is 0 Å². The van der Waals surface area contributed by atoms with Gasteiger partial charge in [-0.05, 0) is 30.5 Å². The van der Waals surface area contributed by atoms with Crippen LogP contribution in [0, 0.1) is 0 Å². The topological polar surface area (TPSA) is 46.2 Å². The second-order valence-electron chi connectivity index (χ2n) is 9.73. The number of rotatable bonds is 9. The summed E-state index contributed by atoms with van der Waals surface area (Å²) < 4.78 is 32.2. The summed E-state index contributed by atoms with van der Waals surface area (Å²) >= 11 is 0. The van der Waals surface area contributed by atoms with E-state index in [2.05, 4.69) is 36.4 Å². The Kier molecular flexibility index (Phi) is 7.61. The quantitative estimate of drug-likeness (QED) is 0.400. The lowest BCUT2D eigenvalue weighted by atomic mass is 9.86. The minimum absolute atomic E-state index is 0.167. The minimum atomic E-state index is -0.716. The van der Waals surface area contributed by atoms with Gasteiger partial charge in [-0.25, -0.2) is 0 Å². The van der Waals surface area contributed by atoms with Crippen LogP contribution in [0.2, 0.25) is 0 Å². The summed E-state index contributed by atoms with van der Waals surface area (Å²) in [5, 5.41) is 0. The first-order chi connectivity index (χ1) is 17.1. The van der Waals surface area contributed by atoms with Crippen molar-refractivity contribution in [2.45, 2.75) is 76.4 Å². The van der Waals surface area contributed by atoms with Crippen molar-refractivity contribution in [2.75, 3.05) is 0 Å². The molecule has 5 atom stereocenters. The van der Waals surface area contributed by atoms with E-state index in [4.69, 9.17) is 23.7 Å². The van der Waals surface area contributed by atoms with Gasteiger partial charge in [-0.1, -0.05) is 91.0 Å². The summed E-state index contributed by atoms with van der Waals surface area (Å²) in [7, 11) is 0. The molecule has 0 aromatic heterocycles. The molecule has 5 rings (SSSR count). The fraction of sp³-hybridized carbons (Fsp3) is 0.400. The molecule has 1 saturated heterocycles. The fourth-order valence-corrected chi connectivity index (χ4v) is 4.92. The molecule has 1 heterocycles. The molecular formula is C30H34O5. The van der Waals surface area contributed by atoms with E-state index in [0.29, 0.717) is 26.2 Å². The van der Waals surface area contributed by atoms with Crippen LogP contribution in [0.4, 0.5) is 0 Å². The Morgan fingerprint density at radius 1 is 0.600 bits per heavy atom. The first-order valence-corrected chi connectivity index (χ1v) is 12.4. The number of ether oxygens (including phenoxy) is 5. The van der Waals surface area contributed by atoms with Gasteiger partial charge in [-0.2, -0.15) is 0 Å². The van der Waals surface area contributed by atoms with Crippen LogP contribution in [-0.4, -0.2) is 36.3 Å². The fourth-order valence-electron chi connectivity index (χ4n) is 4.92. The number of hydrogen-bond acceptors (Lipinski definition) is 5. The van der Waals surface area contributed by atoms with Crippen molar-refractivity contribution >= 4 is 0 Å². The van der Waals surface area contributed by atoms with E-state index in [1.807, 2.05) is 68.4 Å². The molecule has 1 saturated carbocycles. The predicted octanol–water partition coefficient (Wildman–Crippen LogP) is 5.67. The summed E-state index contributed by atoms with van der Waals surface area (Å²) in [6.07, 6.45) is -0.491. The van der Waals surface area contributed by atoms with Gasteiger partial charge in [-0.15, -0.1) is 0 Å². The summed E-state index contributed by atoms with van der Waals surface area (Å²) in [5.41, 5.74) is 3.38. The third kappa shape index (κ3) is 6.18. The van der Waals surface area contributed by atoms with E-state index in [-0.39, 0.29) is 30.5 Å². The van der Waals surface area contributed by atoms with E-state index < -0.39 is 5.79 Å². The summed E-state index contributed by atoms with van der Waals surface area (Å²) in [6.45, 7) is 5.41. The van der Waals surface area contributed by atoms with Crippen molar-refractivity contribution in [1.29, 1.82) is 0 Å². The molecule has 0 spiro atoms. The highest BCUT2D eigenvalue weighted by Crippen LogP contribution is 2.41. The maximum absolute atomic E-state index is 6.50. The molecule has 0 N–H and O–H groups in total. The average Bonchev–Trinajstić information content (AvgIpc) is 3.22. The molecule has 1 aliphatic heterocycles. The largest absolute Gasteiger partial charge is 0.371 e. The van der Waals surface area contributed by atoms with Gasteiger partial charge in [0.25, 0.3) is 0 Å². The molecule has 2 fully saturated rings. The van der Waals surface area contributed by atoms with Crippen LogP contribution in [0.25, 0.3) is 0 Å². The number of fused-ring (bicyclic) bond motifs is 1. The lowest BCUT2D eigenvalue weighted by molar-refractivity contribution is -0.193. The third-order valence-electron chi connectivity index (χ3n) is 6.58. The minimum Gasteiger partial charge on any atom is -0.371 e. The zero-order valence-corrected chi connectivity index (χ0v) is 20.4. The first kappa shape index (κ1) is 24.2. The van der Waals surface area contributed by atoms with Gasteiger partial charge in [0.15, 0.2) is 5.79 Å². The zero-order valence-electron chi connectivity index (χ0n) is 20.4. The van der Waals surface area contributed by atoms with Gasteiger partial charge in [0.1, 0.15) is 18.3 Å². The van der Waals surface area contributed by atoms with Crippen molar-refractivity contribution in [3.63, 3.8) is 0 Å². The van der Waals surface area contributed by atoms with Gasteiger partial charge in [0, 0.05) is 6.42 Å². The van der Waals surface area contributed by atoms with Crippen molar-refractivity contribution < 1.29 is 23.7 Å². The number of benzene rings is 3. The first-order valence-electron chi connectivity index (χ1n) is 12.4. The molecule has 0 bridgehead atoms. The molecule has 0 radical (unpaired) electrons. The van der Waals surface area contributed by atoms with Crippen molar-refractivity contribution in [3.8, 4) is 0 Å². The van der Waals surface area contributed by atoms with Gasteiger partial charge >= 0.3 is 0 Å². The van der Waals surface area contributed by atoms with Crippen LogP contribution < -0.4 is 0 Å². The Morgan fingerprint density at radius 3 is 1.54 bits per heavy atom. The van der Waals surface area contributed by atoms with Crippen LogP contribution >= 0.6 is 0 Å². The smallest absolute Gasteiger partial charge is 0.164 e. The van der Waals surface area contributed by atoms with E-state index >= 15 is 0 Å². The lowest BCUT2D eigenvalue weighted by Crippen LogP contribution is -2.56. The van der Waals surface area contributed by atoms with E-state index in [0.717, 1.165) is 16.7 Å². The predicted molar refractivity (Wildman–Crippen MR) is 133 cm³/mol. The molecule has 1 aliphatic carbocycles. The molecule has 5 heteroatoms. The van der Waals surface area contributed by atoms with Crippen LogP contribution in [0.5, 0.6) is 0 Å². The molecule has 3 aromatic rings.